The predicted octanol–water partition coefficient (Wildman–Crippen LogP) is -0.237. The Morgan fingerprint density at radius 1 is 1.71 bits per heavy atom. The molecule has 0 amide bonds. The van der Waals surface area contributed by atoms with E-state index in [0.717, 1.165) is 0 Å². The molecule has 0 unspecified atom stereocenters. The number of nitrogens with one attached hydrogen (secondary N) is 1. The maximum Gasteiger partial charge on any atom is 0.340 e. The zero-order valence-electron chi connectivity index (χ0n) is 7.30. The Morgan fingerprint density at radius 2 is 2.43 bits per heavy atom. The lowest BCUT2D eigenvalue weighted by Crippen LogP contribution is -2.38. The highest BCUT2D eigenvalue weighted by atomic mass is 32.1. The number of aliphatic carboxylic acids is 1. The molecule has 0 aromatic rings. The number of nitrogens with zero attached hydrogens (tertiary/aromatic N) is 3. The van der Waals surface area contributed by atoms with Crippen LogP contribution in [-0.2, 0) is 4.79 Å². The van der Waals surface area contributed by atoms with Crippen LogP contribution in [0.3, 0.4) is 0 Å². The minimum Gasteiger partial charge on any atom is -0.478 e. The molecule has 74 valence electrons. The molecule has 0 radical (unpaired) electrons. The SMILES string of the molecule is CN1C=C2N=CC(C(=O)O)=C(S)N2N1. The molecular weight excluding hydrogens is 204 g/mol. The molecule has 0 bridgehead atoms. The first-order valence-corrected chi connectivity index (χ1v) is 4.26. The van der Waals surface area contributed by atoms with Gasteiger partial charge in [0.05, 0.1) is 6.20 Å². The third-order valence-electron chi connectivity index (χ3n) is 1.80. The standard InChI is InChI=1S/C7H8N4O2S/c1-10-3-5-8-2-4(7(12)13)6(14)11(5)9-10/h2-3,9,14H,1H3,(H,12,13). The third-order valence-corrected chi connectivity index (χ3v) is 2.25. The average Bonchev–Trinajstić information content (AvgIpc) is 2.46. The molecule has 2 aliphatic rings. The van der Waals surface area contributed by atoms with E-state index in [9.17, 15) is 4.79 Å². The summed E-state index contributed by atoms with van der Waals surface area (Å²) < 4.78 is 0. The highest BCUT2D eigenvalue weighted by Gasteiger charge is 2.27. The summed E-state index contributed by atoms with van der Waals surface area (Å²) in [6, 6.07) is 0. The van der Waals surface area contributed by atoms with Gasteiger partial charge in [-0.1, -0.05) is 0 Å². The molecule has 2 heterocycles. The van der Waals surface area contributed by atoms with Crippen LogP contribution in [0.4, 0.5) is 0 Å². The lowest BCUT2D eigenvalue weighted by Gasteiger charge is -2.23. The van der Waals surface area contributed by atoms with Gasteiger partial charge in [-0.3, -0.25) is 5.01 Å². The summed E-state index contributed by atoms with van der Waals surface area (Å²) in [7, 11) is 1.78. The summed E-state index contributed by atoms with van der Waals surface area (Å²) in [6.07, 6.45) is 3.01. The molecule has 2 aliphatic heterocycles. The van der Waals surface area contributed by atoms with Crippen LogP contribution in [0, 0.1) is 0 Å². The van der Waals surface area contributed by atoms with Crippen LogP contribution in [0.15, 0.2) is 27.6 Å². The van der Waals surface area contributed by atoms with Gasteiger partial charge in [0.15, 0.2) is 5.82 Å². The summed E-state index contributed by atoms with van der Waals surface area (Å²) in [6.45, 7) is 0. The molecule has 2 rings (SSSR count). The summed E-state index contributed by atoms with van der Waals surface area (Å²) in [4.78, 5) is 14.7. The van der Waals surface area contributed by atoms with Gasteiger partial charge in [0.25, 0.3) is 0 Å². The first-order valence-electron chi connectivity index (χ1n) is 3.81. The van der Waals surface area contributed by atoms with Gasteiger partial charge in [-0.2, -0.15) is 0 Å². The molecule has 7 heteroatoms. The predicted molar refractivity (Wildman–Crippen MR) is 53.0 cm³/mol. The zero-order valence-corrected chi connectivity index (χ0v) is 8.19. The summed E-state index contributed by atoms with van der Waals surface area (Å²) in [5, 5.41) is 12.3. The van der Waals surface area contributed by atoms with E-state index in [1.807, 2.05) is 0 Å². The normalized spacial score (nSPS) is 20.0. The molecule has 0 spiro atoms. The molecule has 0 aromatic heterocycles. The molecule has 2 N–H and O–H groups in total. The van der Waals surface area contributed by atoms with Crippen molar-refractivity contribution in [3.05, 3.63) is 22.6 Å². The third kappa shape index (κ3) is 1.26. The fourth-order valence-electron chi connectivity index (χ4n) is 1.18. The van der Waals surface area contributed by atoms with Crippen LogP contribution < -0.4 is 5.53 Å². The average molecular weight is 212 g/mol. The van der Waals surface area contributed by atoms with E-state index in [1.54, 1.807) is 18.3 Å². The highest BCUT2D eigenvalue weighted by Crippen LogP contribution is 2.25. The van der Waals surface area contributed by atoms with Gasteiger partial charge in [0, 0.05) is 13.3 Å². The van der Waals surface area contributed by atoms with Crippen LogP contribution in [0.5, 0.6) is 0 Å². The van der Waals surface area contributed by atoms with Crippen molar-refractivity contribution in [2.24, 2.45) is 4.99 Å². The van der Waals surface area contributed by atoms with Gasteiger partial charge in [-0.25, -0.2) is 14.8 Å². The highest BCUT2D eigenvalue weighted by molar-refractivity contribution is 7.84. The first kappa shape index (κ1) is 9.10. The first-order chi connectivity index (χ1) is 6.59. The topological polar surface area (TPSA) is 68.2 Å². The molecule has 0 saturated heterocycles. The summed E-state index contributed by atoms with van der Waals surface area (Å²) in [5.74, 6) is -0.434. The van der Waals surface area contributed by atoms with Crippen molar-refractivity contribution in [2.75, 3.05) is 7.05 Å². The van der Waals surface area contributed by atoms with E-state index in [0.29, 0.717) is 10.9 Å². The minimum absolute atomic E-state index is 0.0632. The van der Waals surface area contributed by atoms with Gasteiger partial charge in [-0.05, 0) is 0 Å². The quantitative estimate of drug-likeness (QED) is 0.523. The fraction of sp³-hybridized carbons (Fsp3) is 0.143. The van der Waals surface area contributed by atoms with Crippen molar-refractivity contribution in [1.29, 1.82) is 0 Å². The van der Waals surface area contributed by atoms with Gasteiger partial charge in [-0.15, -0.1) is 18.2 Å². The van der Waals surface area contributed by atoms with Crippen LogP contribution in [0.1, 0.15) is 0 Å². The van der Waals surface area contributed by atoms with Crippen LogP contribution in [-0.4, -0.2) is 34.4 Å². The van der Waals surface area contributed by atoms with E-state index in [2.05, 4.69) is 23.2 Å². The number of carboxylic acids is 1. The number of carboxylic acid groups (broad SMARTS) is 1. The number of hydrazine groups is 2. The lowest BCUT2D eigenvalue weighted by molar-refractivity contribution is -0.132. The Morgan fingerprint density at radius 3 is 3.07 bits per heavy atom. The monoisotopic (exact) mass is 212 g/mol. The molecule has 0 fully saturated rings. The number of fused-ring (bicyclic) bond motifs is 1. The summed E-state index contributed by atoms with van der Waals surface area (Å²) in [5.41, 5.74) is 2.92. The molecular formula is C7H8N4O2S. The number of aliphatic imine (C=N–C) groups is 1. The second-order valence-corrected chi connectivity index (χ2v) is 3.26. The number of carbonyl (C=O) groups is 1. The summed E-state index contributed by atoms with van der Waals surface area (Å²) >= 11 is 4.11. The minimum atomic E-state index is -1.05. The van der Waals surface area contributed by atoms with Crippen molar-refractivity contribution in [3.63, 3.8) is 0 Å². The van der Waals surface area contributed by atoms with E-state index < -0.39 is 5.97 Å². The molecule has 0 aliphatic carbocycles. The lowest BCUT2D eigenvalue weighted by atomic mass is 10.3. The largest absolute Gasteiger partial charge is 0.478 e. The number of thiol groups is 1. The van der Waals surface area contributed by atoms with Crippen LogP contribution in [0.2, 0.25) is 0 Å². The molecule has 0 atom stereocenters. The van der Waals surface area contributed by atoms with Crippen molar-refractivity contribution < 1.29 is 9.90 Å². The Kier molecular flexibility index (Phi) is 1.97. The molecule has 14 heavy (non-hydrogen) atoms. The van der Waals surface area contributed by atoms with Crippen molar-refractivity contribution in [1.82, 2.24) is 15.6 Å². The number of hydrogen-bond acceptors (Lipinski definition) is 6. The van der Waals surface area contributed by atoms with Crippen molar-refractivity contribution >= 4 is 24.8 Å². The number of hydrogen-bond donors (Lipinski definition) is 3. The van der Waals surface area contributed by atoms with Crippen LogP contribution >= 0.6 is 12.6 Å². The second kappa shape index (κ2) is 3.03. The molecule has 0 aromatic carbocycles. The maximum atomic E-state index is 10.7. The Labute approximate surface area is 85.6 Å². The van der Waals surface area contributed by atoms with Crippen molar-refractivity contribution in [3.8, 4) is 0 Å². The van der Waals surface area contributed by atoms with Gasteiger partial charge < -0.3 is 5.11 Å². The van der Waals surface area contributed by atoms with Gasteiger partial charge in [0.2, 0.25) is 0 Å². The molecule has 6 nitrogen and oxygen atoms in total. The maximum absolute atomic E-state index is 10.7. The Hall–Kier alpha value is -1.47. The van der Waals surface area contributed by atoms with Gasteiger partial charge in [0.1, 0.15) is 10.6 Å². The zero-order chi connectivity index (χ0) is 10.3. The van der Waals surface area contributed by atoms with E-state index in [1.165, 1.54) is 11.2 Å². The fourth-order valence-corrected chi connectivity index (χ4v) is 1.48. The van der Waals surface area contributed by atoms with Crippen LogP contribution in [0.25, 0.3) is 0 Å². The van der Waals surface area contributed by atoms with E-state index in [-0.39, 0.29) is 5.57 Å². The van der Waals surface area contributed by atoms with E-state index in [4.69, 9.17) is 5.11 Å². The Bertz CT molecular complexity index is 387. The number of rotatable bonds is 1. The second-order valence-electron chi connectivity index (χ2n) is 2.83. The smallest absolute Gasteiger partial charge is 0.340 e. The van der Waals surface area contributed by atoms with Gasteiger partial charge >= 0.3 is 5.97 Å². The molecule has 0 saturated carbocycles. The van der Waals surface area contributed by atoms with E-state index >= 15 is 0 Å². The Balaban J connectivity index is 2.39. The van der Waals surface area contributed by atoms with Crippen molar-refractivity contribution in [2.45, 2.75) is 0 Å².